The SMILES string of the molecule is COC=C(c1ccc(OC2CCCCO2)cc1)c1nc(I)cnc1N. The molecular formula is C18H20IN3O3. The molecule has 0 aliphatic carbocycles. The van der Waals surface area contributed by atoms with Crippen LogP contribution in [0.2, 0.25) is 0 Å². The van der Waals surface area contributed by atoms with E-state index in [2.05, 4.69) is 32.6 Å². The summed E-state index contributed by atoms with van der Waals surface area (Å²) in [4.78, 5) is 8.66. The Kier molecular flexibility index (Phi) is 6.09. The lowest BCUT2D eigenvalue weighted by Crippen LogP contribution is -2.24. The van der Waals surface area contributed by atoms with Crippen LogP contribution in [0.1, 0.15) is 30.5 Å². The first-order chi connectivity index (χ1) is 12.2. The third kappa shape index (κ3) is 4.60. The summed E-state index contributed by atoms with van der Waals surface area (Å²) in [6.45, 7) is 0.758. The number of nitrogens with zero attached hydrogens (tertiary/aromatic N) is 2. The van der Waals surface area contributed by atoms with Crippen molar-refractivity contribution >= 4 is 34.0 Å². The molecule has 1 aromatic heterocycles. The molecule has 25 heavy (non-hydrogen) atoms. The molecular weight excluding hydrogens is 433 g/mol. The number of nitrogens with two attached hydrogens (primary N) is 1. The van der Waals surface area contributed by atoms with Crippen LogP contribution >= 0.6 is 22.6 Å². The molecule has 7 heteroatoms. The molecule has 2 N–H and O–H groups in total. The van der Waals surface area contributed by atoms with E-state index in [1.807, 2.05) is 24.3 Å². The van der Waals surface area contributed by atoms with Gasteiger partial charge in [-0.15, -0.1) is 0 Å². The van der Waals surface area contributed by atoms with Gasteiger partial charge < -0.3 is 19.9 Å². The fourth-order valence-corrected chi connectivity index (χ4v) is 3.00. The van der Waals surface area contributed by atoms with E-state index in [4.69, 9.17) is 19.9 Å². The van der Waals surface area contributed by atoms with Crippen LogP contribution in [0.25, 0.3) is 5.57 Å². The Morgan fingerprint density at radius 3 is 2.80 bits per heavy atom. The zero-order chi connectivity index (χ0) is 17.6. The number of hydrogen-bond donors (Lipinski definition) is 1. The molecule has 1 aromatic carbocycles. The van der Waals surface area contributed by atoms with Crippen molar-refractivity contribution < 1.29 is 14.2 Å². The Balaban J connectivity index is 1.82. The average Bonchev–Trinajstić information content (AvgIpc) is 2.64. The molecule has 6 nitrogen and oxygen atoms in total. The topological polar surface area (TPSA) is 79.5 Å². The summed E-state index contributed by atoms with van der Waals surface area (Å²) in [5.74, 6) is 1.13. The van der Waals surface area contributed by atoms with Crippen molar-refractivity contribution in [2.75, 3.05) is 19.5 Å². The van der Waals surface area contributed by atoms with Crippen LogP contribution in [0.3, 0.4) is 0 Å². The van der Waals surface area contributed by atoms with E-state index in [-0.39, 0.29) is 6.29 Å². The molecule has 1 aliphatic heterocycles. The van der Waals surface area contributed by atoms with E-state index in [9.17, 15) is 0 Å². The molecule has 2 aromatic rings. The molecule has 1 saturated heterocycles. The van der Waals surface area contributed by atoms with Gasteiger partial charge in [0.2, 0.25) is 0 Å². The van der Waals surface area contributed by atoms with Gasteiger partial charge in [0.15, 0.2) is 6.29 Å². The average molecular weight is 453 g/mol. The smallest absolute Gasteiger partial charge is 0.199 e. The van der Waals surface area contributed by atoms with Crippen LogP contribution < -0.4 is 10.5 Å². The van der Waals surface area contributed by atoms with Gasteiger partial charge >= 0.3 is 0 Å². The van der Waals surface area contributed by atoms with Gasteiger partial charge in [0.25, 0.3) is 0 Å². The number of anilines is 1. The normalized spacial score (nSPS) is 18.0. The lowest BCUT2D eigenvalue weighted by Gasteiger charge is -2.23. The van der Waals surface area contributed by atoms with Crippen molar-refractivity contribution in [2.24, 2.45) is 0 Å². The Bertz CT molecular complexity index is 744. The maximum atomic E-state index is 6.00. The molecule has 1 unspecified atom stereocenters. The number of benzene rings is 1. The highest BCUT2D eigenvalue weighted by atomic mass is 127. The van der Waals surface area contributed by atoms with Crippen molar-refractivity contribution in [1.29, 1.82) is 0 Å². The van der Waals surface area contributed by atoms with Crippen molar-refractivity contribution in [3.63, 3.8) is 0 Å². The first-order valence-electron chi connectivity index (χ1n) is 8.07. The van der Waals surface area contributed by atoms with Crippen LogP contribution in [0.15, 0.2) is 36.7 Å². The Labute approximate surface area is 160 Å². The molecule has 0 spiro atoms. The van der Waals surface area contributed by atoms with E-state index in [0.717, 1.165) is 46.5 Å². The minimum Gasteiger partial charge on any atom is -0.504 e. The van der Waals surface area contributed by atoms with Gasteiger partial charge in [-0.2, -0.15) is 0 Å². The number of nitrogen functional groups attached to an aromatic ring is 1. The molecule has 1 aliphatic rings. The second-order valence-electron chi connectivity index (χ2n) is 5.63. The Morgan fingerprint density at radius 2 is 2.12 bits per heavy atom. The van der Waals surface area contributed by atoms with Crippen LogP contribution in [0.5, 0.6) is 5.75 Å². The van der Waals surface area contributed by atoms with Gasteiger partial charge in [0.05, 0.1) is 26.2 Å². The molecule has 1 fully saturated rings. The number of hydrogen-bond acceptors (Lipinski definition) is 6. The molecule has 0 bridgehead atoms. The predicted octanol–water partition coefficient (Wildman–Crippen LogP) is 3.60. The van der Waals surface area contributed by atoms with Crippen molar-refractivity contribution in [3.05, 3.63) is 51.7 Å². The predicted molar refractivity (Wildman–Crippen MR) is 104 cm³/mol. The van der Waals surface area contributed by atoms with E-state index in [1.165, 1.54) is 0 Å². The monoisotopic (exact) mass is 453 g/mol. The van der Waals surface area contributed by atoms with Gasteiger partial charge in [-0.1, -0.05) is 12.1 Å². The zero-order valence-corrected chi connectivity index (χ0v) is 16.1. The minimum atomic E-state index is -0.161. The maximum Gasteiger partial charge on any atom is 0.199 e. The Morgan fingerprint density at radius 1 is 1.32 bits per heavy atom. The van der Waals surface area contributed by atoms with Gasteiger partial charge in [-0.3, -0.25) is 0 Å². The molecule has 0 amide bonds. The van der Waals surface area contributed by atoms with Crippen molar-refractivity contribution in [3.8, 4) is 5.75 Å². The van der Waals surface area contributed by atoms with E-state index >= 15 is 0 Å². The lowest BCUT2D eigenvalue weighted by molar-refractivity contribution is -0.105. The minimum absolute atomic E-state index is 0.161. The maximum absolute atomic E-state index is 6.00. The molecule has 0 saturated carbocycles. The van der Waals surface area contributed by atoms with Crippen LogP contribution in [0.4, 0.5) is 5.82 Å². The van der Waals surface area contributed by atoms with Crippen LogP contribution in [-0.4, -0.2) is 30.0 Å². The number of methoxy groups -OCH3 is 1. The molecule has 2 heterocycles. The summed E-state index contributed by atoms with van der Waals surface area (Å²) >= 11 is 2.11. The summed E-state index contributed by atoms with van der Waals surface area (Å²) in [6, 6.07) is 7.72. The summed E-state index contributed by atoms with van der Waals surface area (Å²) in [7, 11) is 1.59. The van der Waals surface area contributed by atoms with Gasteiger partial charge in [0, 0.05) is 12.0 Å². The number of halogens is 1. The third-order valence-corrected chi connectivity index (χ3v) is 4.35. The first kappa shape index (κ1) is 17.9. The second kappa shape index (κ2) is 8.48. The van der Waals surface area contributed by atoms with Gasteiger partial charge in [0.1, 0.15) is 21.0 Å². The summed E-state index contributed by atoms with van der Waals surface area (Å²) in [6.07, 6.45) is 6.24. The molecule has 132 valence electrons. The summed E-state index contributed by atoms with van der Waals surface area (Å²) < 4.78 is 17.5. The molecule has 1 atom stereocenters. The first-order valence-corrected chi connectivity index (χ1v) is 9.15. The fraction of sp³-hybridized carbons (Fsp3) is 0.333. The fourth-order valence-electron chi connectivity index (χ4n) is 2.62. The second-order valence-corrected chi connectivity index (χ2v) is 6.74. The van der Waals surface area contributed by atoms with E-state index in [1.54, 1.807) is 19.6 Å². The number of ether oxygens (including phenoxy) is 3. The molecule has 0 radical (unpaired) electrons. The largest absolute Gasteiger partial charge is 0.504 e. The van der Waals surface area contributed by atoms with E-state index in [0.29, 0.717) is 11.5 Å². The van der Waals surface area contributed by atoms with Gasteiger partial charge in [-0.25, -0.2) is 9.97 Å². The third-order valence-electron chi connectivity index (χ3n) is 3.83. The highest BCUT2D eigenvalue weighted by molar-refractivity contribution is 14.1. The molecule has 3 rings (SSSR count). The zero-order valence-electron chi connectivity index (χ0n) is 13.9. The highest BCUT2D eigenvalue weighted by Crippen LogP contribution is 2.28. The number of aromatic nitrogens is 2. The Hall–Kier alpha value is -1.87. The van der Waals surface area contributed by atoms with Crippen LogP contribution in [-0.2, 0) is 9.47 Å². The summed E-state index contributed by atoms with van der Waals surface area (Å²) in [5, 5.41) is 0. The standard InChI is InChI=1S/C18H20IN3O3/c1-23-11-14(17-18(20)21-10-15(19)22-17)12-5-7-13(8-6-12)25-16-4-2-3-9-24-16/h5-8,10-11,16H,2-4,9H2,1H3,(H2,20,21). The lowest BCUT2D eigenvalue weighted by atomic mass is 10.0. The van der Waals surface area contributed by atoms with Crippen molar-refractivity contribution in [1.82, 2.24) is 9.97 Å². The summed E-state index contributed by atoms with van der Waals surface area (Å²) in [5.41, 5.74) is 8.28. The highest BCUT2D eigenvalue weighted by Gasteiger charge is 2.16. The quantitative estimate of drug-likeness (QED) is 0.551. The van der Waals surface area contributed by atoms with Crippen molar-refractivity contribution in [2.45, 2.75) is 25.6 Å². The van der Waals surface area contributed by atoms with E-state index < -0.39 is 0 Å². The number of rotatable bonds is 5. The van der Waals surface area contributed by atoms with Crippen LogP contribution in [0, 0.1) is 3.70 Å². The van der Waals surface area contributed by atoms with Gasteiger partial charge in [-0.05, 0) is 53.1 Å².